The minimum atomic E-state index is -1.33. The topological polar surface area (TPSA) is 128 Å². The predicted octanol–water partition coefficient (Wildman–Crippen LogP) is 3.18. The minimum Gasteiger partial charge on any atom is -0.507 e. The molecule has 1 fully saturated rings. The number of ether oxygens (including phenoxy) is 1. The molecule has 2 aromatic rings. The molecule has 4 N–H and O–H groups in total. The van der Waals surface area contributed by atoms with E-state index in [-0.39, 0.29) is 29.8 Å². The van der Waals surface area contributed by atoms with Crippen LogP contribution in [0.1, 0.15) is 56.8 Å². The second-order valence-electron chi connectivity index (χ2n) is 10.5. The van der Waals surface area contributed by atoms with Gasteiger partial charge in [-0.1, -0.05) is 55.5 Å². The molecule has 0 saturated heterocycles. The monoisotopic (exact) mass is 511 g/mol. The number of rotatable bonds is 9. The molecule has 9 nitrogen and oxygen atoms in total. The summed E-state index contributed by atoms with van der Waals surface area (Å²) in [6, 6.07) is 11.6. The molecule has 0 aliphatic heterocycles. The zero-order valence-corrected chi connectivity index (χ0v) is 22.0. The van der Waals surface area contributed by atoms with E-state index < -0.39 is 42.2 Å². The number of carbonyl (C=O) groups excluding carboxylic acids is 3. The van der Waals surface area contributed by atoms with Gasteiger partial charge >= 0.3 is 6.09 Å². The molecular weight excluding hydrogens is 474 g/mol. The second kappa shape index (κ2) is 11.6. The maximum Gasteiger partial charge on any atom is 0.408 e. The Morgan fingerprint density at radius 3 is 2.32 bits per heavy atom. The summed E-state index contributed by atoms with van der Waals surface area (Å²) in [5, 5.41) is 26.3. The van der Waals surface area contributed by atoms with E-state index in [2.05, 4.69) is 10.6 Å². The van der Waals surface area contributed by atoms with E-state index in [1.165, 1.54) is 4.90 Å². The number of aliphatic hydroxyl groups excluding tert-OH is 1. The van der Waals surface area contributed by atoms with Crippen molar-refractivity contribution in [3.63, 3.8) is 0 Å². The van der Waals surface area contributed by atoms with Crippen molar-refractivity contribution in [1.29, 1.82) is 0 Å². The summed E-state index contributed by atoms with van der Waals surface area (Å²) in [4.78, 5) is 41.3. The van der Waals surface area contributed by atoms with Gasteiger partial charge in [-0.05, 0) is 51.2 Å². The number of aliphatic hydroxyl groups is 1. The Hall–Kier alpha value is -3.59. The van der Waals surface area contributed by atoms with Crippen LogP contribution in [0.3, 0.4) is 0 Å². The van der Waals surface area contributed by atoms with Crippen LogP contribution in [0.2, 0.25) is 0 Å². The molecule has 0 aromatic heterocycles. The van der Waals surface area contributed by atoms with Crippen LogP contribution in [0.25, 0.3) is 0 Å². The van der Waals surface area contributed by atoms with Crippen molar-refractivity contribution in [2.75, 3.05) is 6.61 Å². The van der Waals surface area contributed by atoms with E-state index >= 15 is 0 Å². The Balaban J connectivity index is 1.97. The van der Waals surface area contributed by atoms with Crippen LogP contribution in [-0.2, 0) is 20.9 Å². The van der Waals surface area contributed by atoms with Gasteiger partial charge in [0.2, 0.25) is 11.8 Å². The average molecular weight is 512 g/mol. The third-order valence-corrected chi connectivity index (χ3v) is 6.25. The summed E-state index contributed by atoms with van der Waals surface area (Å²) in [7, 11) is 0. The first-order chi connectivity index (χ1) is 17.4. The first-order valence-corrected chi connectivity index (χ1v) is 12.5. The van der Waals surface area contributed by atoms with E-state index in [4.69, 9.17) is 4.74 Å². The van der Waals surface area contributed by atoms with Crippen molar-refractivity contribution in [2.45, 2.75) is 71.3 Å². The second-order valence-corrected chi connectivity index (χ2v) is 10.5. The lowest BCUT2D eigenvalue weighted by molar-refractivity contribution is -0.144. The number of phenolic OH excluding ortho intramolecular Hbond substituents is 1. The largest absolute Gasteiger partial charge is 0.507 e. The molecule has 4 atom stereocenters. The molecule has 200 valence electrons. The lowest BCUT2D eigenvalue weighted by Gasteiger charge is -2.35. The van der Waals surface area contributed by atoms with Gasteiger partial charge in [-0.15, -0.1) is 0 Å². The lowest BCUT2D eigenvalue weighted by atomic mass is 9.98. The molecule has 0 heterocycles. The summed E-state index contributed by atoms with van der Waals surface area (Å²) in [6.07, 6.45) is -0.210. The van der Waals surface area contributed by atoms with Gasteiger partial charge in [-0.3, -0.25) is 9.59 Å². The molecule has 0 spiro atoms. The summed E-state index contributed by atoms with van der Waals surface area (Å²) in [5.74, 6) is -1.11. The van der Waals surface area contributed by atoms with E-state index in [1.54, 1.807) is 45.9 Å². The Kier molecular flexibility index (Phi) is 8.81. The van der Waals surface area contributed by atoms with Crippen molar-refractivity contribution in [1.82, 2.24) is 15.5 Å². The third-order valence-electron chi connectivity index (χ3n) is 6.25. The van der Waals surface area contributed by atoms with Crippen LogP contribution in [0.15, 0.2) is 48.5 Å². The standard InChI is InChI=1S/C28H37N3O6/c1-17-10-9-13-20(24(17)33)23(25(34)29-15-19-11-7-6-8-12-19)31(22-14-18(22)2)26(35)21(16-32)30-27(36)37-28(3,4)5/h6-13,18,21-23,32-33H,14-16H2,1-5H3,(H,29,34)(H,30,36). The van der Waals surface area contributed by atoms with Crippen LogP contribution >= 0.6 is 0 Å². The normalized spacial score (nSPS) is 18.3. The Morgan fingerprint density at radius 2 is 1.76 bits per heavy atom. The molecule has 0 radical (unpaired) electrons. The van der Waals surface area contributed by atoms with Gasteiger partial charge in [0.1, 0.15) is 23.4 Å². The van der Waals surface area contributed by atoms with Gasteiger partial charge in [0.05, 0.1) is 6.61 Å². The molecule has 4 unspecified atom stereocenters. The summed E-state index contributed by atoms with van der Waals surface area (Å²) >= 11 is 0. The molecule has 1 aliphatic carbocycles. The zero-order valence-electron chi connectivity index (χ0n) is 22.0. The van der Waals surface area contributed by atoms with Gasteiger partial charge < -0.3 is 30.5 Å². The molecule has 9 heteroatoms. The van der Waals surface area contributed by atoms with Crippen LogP contribution < -0.4 is 10.6 Å². The van der Waals surface area contributed by atoms with E-state index in [0.717, 1.165) is 5.56 Å². The van der Waals surface area contributed by atoms with Crippen LogP contribution in [-0.4, -0.2) is 57.3 Å². The van der Waals surface area contributed by atoms with Crippen LogP contribution in [0, 0.1) is 12.8 Å². The highest BCUT2D eigenvalue weighted by Crippen LogP contribution is 2.42. The molecule has 0 bridgehead atoms. The number of alkyl carbamates (subject to hydrolysis) is 1. The number of hydrogen-bond acceptors (Lipinski definition) is 6. The molecule has 1 saturated carbocycles. The molecule has 1 aliphatic rings. The van der Waals surface area contributed by atoms with Gasteiger partial charge in [0.15, 0.2) is 0 Å². The minimum absolute atomic E-state index is 0.0888. The van der Waals surface area contributed by atoms with Crippen LogP contribution in [0.5, 0.6) is 5.75 Å². The molecule has 2 aromatic carbocycles. The zero-order chi connectivity index (χ0) is 27.3. The number of benzene rings is 2. The number of amides is 3. The summed E-state index contributed by atoms with van der Waals surface area (Å²) in [5.41, 5.74) is 0.901. The molecular formula is C28H37N3O6. The van der Waals surface area contributed by atoms with Crippen molar-refractivity contribution in [2.24, 2.45) is 5.92 Å². The summed E-state index contributed by atoms with van der Waals surface area (Å²) < 4.78 is 5.26. The van der Waals surface area contributed by atoms with Crippen molar-refractivity contribution in [3.8, 4) is 5.75 Å². The fourth-order valence-corrected chi connectivity index (χ4v) is 4.19. The third kappa shape index (κ3) is 7.22. The van der Waals surface area contributed by atoms with Gasteiger partial charge in [-0.25, -0.2) is 4.79 Å². The molecule has 3 rings (SSSR count). The number of aromatic hydroxyl groups is 1. The van der Waals surface area contributed by atoms with Crippen LogP contribution in [0.4, 0.5) is 4.79 Å². The lowest BCUT2D eigenvalue weighted by Crippen LogP contribution is -2.55. The maximum atomic E-state index is 13.8. The highest BCUT2D eigenvalue weighted by molar-refractivity contribution is 5.93. The van der Waals surface area contributed by atoms with E-state index in [9.17, 15) is 24.6 Å². The van der Waals surface area contributed by atoms with Crippen molar-refractivity contribution in [3.05, 3.63) is 65.2 Å². The number of nitrogens with zero attached hydrogens (tertiary/aromatic N) is 1. The Bertz CT molecular complexity index is 1110. The highest BCUT2D eigenvalue weighted by atomic mass is 16.6. The van der Waals surface area contributed by atoms with E-state index in [0.29, 0.717) is 12.0 Å². The van der Waals surface area contributed by atoms with Gasteiger partial charge in [0, 0.05) is 18.2 Å². The quantitative estimate of drug-likeness (QED) is 0.409. The Morgan fingerprint density at radius 1 is 1.11 bits per heavy atom. The highest BCUT2D eigenvalue weighted by Gasteiger charge is 2.48. The Labute approximate surface area is 217 Å². The number of para-hydroxylation sites is 1. The van der Waals surface area contributed by atoms with E-state index in [1.807, 2.05) is 37.3 Å². The SMILES string of the molecule is Cc1cccc(C(C(=O)NCc2ccccc2)N(C(=O)C(CO)NC(=O)OC(C)(C)C)C2CC2C)c1O. The number of hydrogen-bond donors (Lipinski definition) is 4. The fraction of sp³-hybridized carbons (Fsp3) is 0.464. The maximum absolute atomic E-state index is 13.8. The molecule has 37 heavy (non-hydrogen) atoms. The number of carbonyl (C=O) groups is 3. The first-order valence-electron chi connectivity index (χ1n) is 12.5. The first kappa shape index (κ1) is 28.0. The molecule has 3 amide bonds. The number of aryl methyl sites for hydroxylation is 1. The average Bonchev–Trinajstić information content (AvgIpc) is 3.56. The fourth-order valence-electron chi connectivity index (χ4n) is 4.19. The smallest absolute Gasteiger partial charge is 0.408 e. The van der Waals surface area contributed by atoms with Crippen molar-refractivity contribution >= 4 is 17.9 Å². The van der Waals surface area contributed by atoms with Gasteiger partial charge in [0.25, 0.3) is 0 Å². The summed E-state index contributed by atoms with van der Waals surface area (Å²) in [6.45, 7) is 8.27. The van der Waals surface area contributed by atoms with Gasteiger partial charge in [-0.2, -0.15) is 0 Å². The number of phenols is 1. The predicted molar refractivity (Wildman–Crippen MR) is 139 cm³/mol. The number of nitrogens with one attached hydrogen (secondary N) is 2. The van der Waals surface area contributed by atoms with Crippen molar-refractivity contribution < 1.29 is 29.3 Å².